The van der Waals surface area contributed by atoms with Crippen LogP contribution in [0.1, 0.15) is 43.6 Å². The molecule has 0 aromatic heterocycles. The van der Waals surface area contributed by atoms with Gasteiger partial charge in [-0.3, -0.25) is 4.79 Å². The van der Waals surface area contributed by atoms with Gasteiger partial charge in [0.15, 0.2) is 0 Å². The maximum Gasteiger partial charge on any atom is 0.230 e. The zero-order chi connectivity index (χ0) is 14.7. The van der Waals surface area contributed by atoms with Gasteiger partial charge >= 0.3 is 0 Å². The van der Waals surface area contributed by atoms with Crippen LogP contribution < -0.4 is 5.32 Å². The van der Waals surface area contributed by atoms with E-state index in [1.54, 1.807) is 0 Å². The number of fused-ring (bicyclic) bond motifs is 1. The van der Waals surface area contributed by atoms with E-state index in [9.17, 15) is 4.79 Å². The Morgan fingerprint density at radius 1 is 1.33 bits per heavy atom. The number of likely N-dealkylation sites (tertiary alicyclic amines) is 1. The smallest absolute Gasteiger partial charge is 0.230 e. The van der Waals surface area contributed by atoms with E-state index in [-0.39, 0.29) is 18.4 Å². The summed E-state index contributed by atoms with van der Waals surface area (Å²) in [6.07, 6.45) is 4.76. The fraction of sp³-hybridized carbons (Fsp3) is 0.588. The molecule has 1 saturated heterocycles. The first-order chi connectivity index (χ1) is 10.3. The first-order valence-corrected chi connectivity index (χ1v) is 8.05. The number of amides is 1. The zero-order valence-corrected chi connectivity index (χ0v) is 12.4. The minimum atomic E-state index is -0.00261. The molecule has 1 aromatic rings. The van der Waals surface area contributed by atoms with Crippen LogP contribution in [-0.4, -0.2) is 41.7 Å². The van der Waals surface area contributed by atoms with Gasteiger partial charge in [-0.1, -0.05) is 18.2 Å². The van der Waals surface area contributed by atoms with Crippen molar-refractivity contribution in [2.75, 3.05) is 25.0 Å². The van der Waals surface area contributed by atoms with Crippen LogP contribution in [0, 0.1) is 0 Å². The molecule has 3 rings (SSSR count). The third-order valence-electron chi connectivity index (χ3n) is 4.74. The predicted octanol–water partition coefficient (Wildman–Crippen LogP) is 2.35. The lowest BCUT2D eigenvalue weighted by molar-refractivity contribution is -0.134. The number of nitrogens with one attached hydrogen (secondary N) is 1. The fourth-order valence-corrected chi connectivity index (χ4v) is 3.68. The summed E-state index contributed by atoms with van der Waals surface area (Å²) in [5.41, 5.74) is 2.25. The highest BCUT2D eigenvalue weighted by Gasteiger charge is 2.35. The van der Waals surface area contributed by atoms with E-state index < -0.39 is 0 Å². The number of rotatable bonds is 4. The number of carbonyl (C=O) groups is 1. The summed E-state index contributed by atoms with van der Waals surface area (Å²) < 4.78 is 0. The first kappa shape index (κ1) is 14.4. The lowest BCUT2D eigenvalue weighted by atomic mass is 9.89. The van der Waals surface area contributed by atoms with Crippen molar-refractivity contribution in [1.82, 2.24) is 4.90 Å². The van der Waals surface area contributed by atoms with E-state index in [1.165, 1.54) is 0 Å². The van der Waals surface area contributed by atoms with Gasteiger partial charge in [-0.15, -0.1) is 0 Å². The zero-order valence-electron chi connectivity index (χ0n) is 12.4. The Hall–Kier alpha value is -1.55. The molecule has 2 aliphatic heterocycles. The fourth-order valence-electron chi connectivity index (χ4n) is 3.68. The largest absolute Gasteiger partial charge is 0.396 e. The van der Waals surface area contributed by atoms with E-state index in [0.29, 0.717) is 6.04 Å². The molecule has 0 saturated carbocycles. The highest BCUT2D eigenvalue weighted by atomic mass is 16.3. The van der Waals surface area contributed by atoms with Crippen LogP contribution in [-0.2, 0) is 4.79 Å². The number of benzene rings is 1. The van der Waals surface area contributed by atoms with E-state index in [0.717, 1.165) is 56.4 Å². The Kier molecular flexibility index (Phi) is 4.44. The quantitative estimate of drug-likeness (QED) is 0.894. The van der Waals surface area contributed by atoms with Gasteiger partial charge < -0.3 is 15.3 Å². The molecule has 2 aliphatic rings. The molecular formula is C17H24N2O2. The Morgan fingerprint density at radius 2 is 2.19 bits per heavy atom. The number of para-hydroxylation sites is 1. The SMILES string of the molecule is O=C(C1CCNc2ccccc21)N1CCCC1CCCO. The monoisotopic (exact) mass is 288 g/mol. The number of anilines is 1. The molecule has 4 nitrogen and oxygen atoms in total. The number of carbonyl (C=O) groups excluding carboxylic acids is 1. The third kappa shape index (κ3) is 2.91. The molecule has 0 bridgehead atoms. The van der Waals surface area contributed by atoms with E-state index >= 15 is 0 Å². The lowest BCUT2D eigenvalue weighted by Crippen LogP contribution is -2.40. The topological polar surface area (TPSA) is 52.6 Å². The summed E-state index contributed by atoms with van der Waals surface area (Å²) in [6, 6.07) is 8.48. The Morgan fingerprint density at radius 3 is 3.05 bits per heavy atom. The van der Waals surface area contributed by atoms with Gasteiger partial charge in [-0.25, -0.2) is 0 Å². The van der Waals surface area contributed by atoms with E-state index in [2.05, 4.69) is 22.3 Å². The highest BCUT2D eigenvalue weighted by Crippen LogP contribution is 2.35. The third-order valence-corrected chi connectivity index (χ3v) is 4.74. The Balaban J connectivity index is 1.76. The molecule has 114 valence electrons. The molecule has 2 unspecified atom stereocenters. The average Bonchev–Trinajstić information content (AvgIpc) is 3.00. The van der Waals surface area contributed by atoms with Gasteiger partial charge in [0, 0.05) is 31.4 Å². The van der Waals surface area contributed by atoms with Crippen LogP contribution in [0.25, 0.3) is 0 Å². The van der Waals surface area contributed by atoms with Gasteiger partial charge in [-0.05, 0) is 43.7 Å². The minimum Gasteiger partial charge on any atom is -0.396 e. The lowest BCUT2D eigenvalue weighted by Gasteiger charge is -2.32. The van der Waals surface area contributed by atoms with Gasteiger partial charge in [0.1, 0.15) is 0 Å². The summed E-state index contributed by atoms with van der Waals surface area (Å²) in [5, 5.41) is 12.4. The van der Waals surface area contributed by atoms with Crippen LogP contribution in [0.4, 0.5) is 5.69 Å². The number of aliphatic hydroxyl groups is 1. The van der Waals surface area contributed by atoms with Crippen molar-refractivity contribution in [1.29, 1.82) is 0 Å². The molecule has 0 spiro atoms. The molecule has 0 radical (unpaired) electrons. The normalized spacial score (nSPS) is 24.5. The molecule has 2 heterocycles. The number of hydrogen-bond acceptors (Lipinski definition) is 3. The second-order valence-corrected chi connectivity index (χ2v) is 6.05. The standard InChI is InChI=1S/C17H24N2O2/c20-12-4-6-13-5-3-11-19(13)17(21)15-9-10-18-16-8-2-1-7-14(15)16/h1-2,7-8,13,15,18,20H,3-6,9-12H2. The van der Waals surface area contributed by atoms with Crippen molar-refractivity contribution in [3.05, 3.63) is 29.8 Å². The molecule has 0 aliphatic carbocycles. The number of aliphatic hydroxyl groups excluding tert-OH is 1. The highest BCUT2D eigenvalue weighted by molar-refractivity contribution is 5.86. The van der Waals surface area contributed by atoms with Crippen molar-refractivity contribution in [3.8, 4) is 0 Å². The molecule has 1 fully saturated rings. The molecule has 4 heteroatoms. The van der Waals surface area contributed by atoms with Crippen molar-refractivity contribution < 1.29 is 9.90 Å². The van der Waals surface area contributed by atoms with E-state index in [4.69, 9.17) is 5.11 Å². The molecule has 1 aromatic carbocycles. The summed E-state index contributed by atoms with van der Waals surface area (Å²) in [7, 11) is 0. The molecule has 2 N–H and O–H groups in total. The van der Waals surface area contributed by atoms with Gasteiger partial charge in [0.05, 0.1) is 5.92 Å². The predicted molar refractivity (Wildman–Crippen MR) is 83.3 cm³/mol. The summed E-state index contributed by atoms with van der Waals surface area (Å²) in [5.74, 6) is 0.279. The molecule has 1 amide bonds. The van der Waals surface area contributed by atoms with Crippen molar-refractivity contribution >= 4 is 11.6 Å². The molecular weight excluding hydrogens is 264 g/mol. The van der Waals surface area contributed by atoms with Crippen LogP contribution in [0.2, 0.25) is 0 Å². The van der Waals surface area contributed by atoms with Gasteiger partial charge in [0.25, 0.3) is 0 Å². The van der Waals surface area contributed by atoms with Crippen molar-refractivity contribution in [2.45, 2.75) is 44.1 Å². The van der Waals surface area contributed by atoms with E-state index in [1.807, 2.05) is 12.1 Å². The van der Waals surface area contributed by atoms with Crippen LogP contribution >= 0.6 is 0 Å². The summed E-state index contributed by atoms with van der Waals surface area (Å²) in [6.45, 7) is 1.96. The van der Waals surface area contributed by atoms with Crippen molar-refractivity contribution in [2.24, 2.45) is 0 Å². The second-order valence-electron chi connectivity index (χ2n) is 6.05. The first-order valence-electron chi connectivity index (χ1n) is 8.05. The molecule has 2 atom stereocenters. The number of hydrogen-bond donors (Lipinski definition) is 2. The Labute approximate surface area is 126 Å². The minimum absolute atomic E-state index is 0.00261. The maximum atomic E-state index is 13.0. The van der Waals surface area contributed by atoms with Gasteiger partial charge in [0.2, 0.25) is 5.91 Å². The van der Waals surface area contributed by atoms with Crippen LogP contribution in [0.3, 0.4) is 0 Å². The maximum absolute atomic E-state index is 13.0. The van der Waals surface area contributed by atoms with Crippen LogP contribution in [0.5, 0.6) is 0 Å². The second kappa shape index (κ2) is 6.48. The van der Waals surface area contributed by atoms with Crippen molar-refractivity contribution in [3.63, 3.8) is 0 Å². The summed E-state index contributed by atoms with van der Waals surface area (Å²) in [4.78, 5) is 15.0. The summed E-state index contributed by atoms with van der Waals surface area (Å²) >= 11 is 0. The van der Waals surface area contributed by atoms with Crippen LogP contribution in [0.15, 0.2) is 24.3 Å². The average molecular weight is 288 g/mol. The Bertz CT molecular complexity index is 503. The number of nitrogens with zero attached hydrogens (tertiary/aromatic N) is 1. The van der Waals surface area contributed by atoms with Gasteiger partial charge in [-0.2, -0.15) is 0 Å². The molecule has 21 heavy (non-hydrogen) atoms.